The fraction of sp³-hybridized carbons (Fsp3) is 0.192. The molecule has 0 fully saturated rings. The summed E-state index contributed by atoms with van der Waals surface area (Å²) in [4.78, 5) is 0. The molecular weight excluding hydrogens is 625 g/mol. The van der Waals surface area contributed by atoms with Crippen LogP contribution < -0.4 is 10.4 Å². The van der Waals surface area contributed by atoms with Gasteiger partial charge in [-0.15, -0.1) is 0 Å². The Hall–Kier alpha value is -5.46. The normalized spacial score (nSPS) is 14.5. The van der Waals surface area contributed by atoms with Crippen LogP contribution in [0.4, 0.5) is 0 Å². The van der Waals surface area contributed by atoms with E-state index in [4.69, 9.17) is 0 Å². The average molecular weight is 673 g/mol. The van der Waals surface area contributed by atoms with Gasteiger partial charge in [-0.05, 0) is 124 Å². The van der Waals surface area contributed by atoms with Crippen molar-refractivity contribution in [3.63, 3.8) is 0 Å². The van der Waals surface area contributed by atoms with Crippen LogP contribution in [0.15, 0.2) is 146 Å². The first-order valence-corrected chi connectivity index (χ1v) is 18.8. The lowest BCUT2D eigenvalue weighted by Crippen LogP contribution is -2.38. The van der Waals surface area contributed by atoms with Crippen molar-refractivity contribution in [1.82, 2.24) is 0 Å². The van der Waals surface area contributed by atoms with Gasteiger partial charge in [0.2, 0.25) is 0 Å². The summed E-state index contributed by atoms with van der Waals surface area (Å²) in [6.45, 7) is 14.2. The Morgan fingerprint density at radius 3 is 1.56 bits per heavy atom. The summed E-state index contributed by atoms with van der Waals surface area (Å²) in [6.07, 6.45) is 13.8. The van der Waals surface area contributed by atoms with Crippen molar-refractivity contribution < 1.29 is 0 Å². The summed E-state index contributed by atoms with van der Waals surface area (Å²) in [6, 6.07) is 46.9. The lowest BCUT2D eigenvalue weighted by molar-refractivity contribution is 0.583. The summed E-state index contributed by atoms with van der Waals surface area (Å²) in [7, 11) is 0. The summed E-state index contributed by atoms with van der Waals surface area (Å²) in [5, 5.41) is 2.64. The summed E-state index contributed by atoms with van der Waals surface area (Å²) >= 11 is 0. The van der Waals surface area contributed by atoms with Crippen LogP contribution in [-0.4, -0.2) is 0 Å². The van der Waals surface area contributed by atoms with Gasteiger partial charge in [-0.1, -0.05) is 187 Å². The molecule has 0 heterocycles. The zero-order valence-corrected chi connectivity index (χ0v) is 31.4. The summed E-state index contributed by atoms with van der Waals surface area (Å²) < 4.78 is 0. The van der Waals surface area contributed by atoms with Crippen molar-refractivity contribution in [3.05, 3.63) is 195 Å². The van der Waals surface area contributed by atoms with E-state index in [1.54, 1.807) is 0 Å². The van der Waals surface area contributed by atoms with Crippen LogP contribution in [0, 0.1) is 0 Å². The second kappa shape index (κ2) is 13.3. The molecule has 0 saturated carbocycles. The average Bonchev–Trinajstić information content (AvgIpc) is 3.81. The molecule has 0 saturated heterocycles. The first-order valence-electron chi connectivity index (χ1n) is 18.8. The molecule has 6 aromatic rings. The fourth-order valence-corrected chi connectivity index (χ4v) is 8.17. The lowest BCUT2D eigenvalue weighted by atomic mass is 9.75. The molecule has 6 aromatic carbocycles. The van der Waals surface area contributed by atoms with Crippen LogP contribution in [0.2, 0.25) is 0 Å². The van der Waals surface area contributed by atoms with E-state index < -0.39 is 0 Å². The van der Waals surface area contributed by atoms with Gasteiger partial charge >= 0.3 is 0 Å². The minimum absolute atomic E-state index is 0.0847. The molecule has 0 bridgehead atoms. The van der Waals surface area contributed by atoms with Gasteiger partial charge in [-0.2, -0.15) is 0 Å². The van der Waals surface area contributed by atoms with Gasteiger partial charge in [-0.3, -0.25) is 0 Å². The smallest absolute Gasteiger partial charge is 0.000696 e. The highest BCUT2D eigenvalue weighted by Crippen LogP contribution is 2.44. The van der Waals surface area contributed by atoms with E-state index in [1.165, 1.54) is 88.3 Å². The van der Waals surface area contributed by atoms with Crippen molar-refractivity contribution in [3.8, 4) is 33.4 Å². The van der Waals surface area contributed by atoms with Crippen LogP contribution in [-0.2, 0) is 17.3 Å². The maximum atomic E-state index is 2.49. The van der Waals surface area contributed by atoms with Crippen LogP contribution >= 0.6 is 0 Å². The number of benzene rings is 6. The first kappa shape index (κ1) is 33.7. The molecule has 0 nitrogen and oxygen atoms in total. The van der Waals surface area contributed by atoms with Crippen LogP contribution in [0.5, 0.6) is 0 Å². The largest absolute Gasteiger partial charge is 0.0801 e. The number of hydrogen-bond acceptors (Lipinski definition) is 0. The Balaban J connectivity index is 1.44. The highest BCUT2D eigenvalue weighted by Gasteiger charge is 2.32. The van der Waals surface area contributed by atoms with Crippen molar-refractivity contribution in [2.45, 2.75) is 65.2 Å². The predicted molar refractivity (Wildman–Crippen MR) is 224 cm³/mol. The van der Waals surface area contributed by atoms with E-state index in [2.05, 4.69) is 199 Å². The third kappa shape index (κ3) is 6.44. The Morgan fingerprint density at radius 2 is 1.06 bits per heavy atom. The van der Waals surface area contributed by atoms with Gasteiger partial charge < -0.3 is 0 Å². The molecule has 0 spiro atoms. The maximum Gasteiger partial charge on any atom is -0.000696 e. The van der Waals surface area contributed by atoms with Gasteiger partial charge in [-0.25, -0.2) is 0 Å². The Labute approximate surface area is 310 Å². The zero-order valence-electron chi connectivity index (χ0n) is 31.4. The molecule has 2 aliphatic carbocycles. The molecule has 0 amide bonds. The molecular formula is C52H48. The first-order chi connectivity index (χ1) is 25.0. The van der Waals surface area contributed by atoms with E-state index in [0.717, 1.165) is 12.8 Å². The van der Waals surface area contributed by atoms with Gasteiger partial charge in [0.15, 0.2) is 0 Å². The Bertz CT molecular complexity index is 2460. The predicted octanol–water partition coefficient (Wildman–Crippen LogP) is 12.2. The van der Waals surface area contributed by atoms with Crippen LogP contribution in [0.25, 0.3) is 51.1 Å². The van der Waals surface area contributed by atoms with E-state index in [1.807, 2.05) is 0 Å². The molecule has 8 rings (SSSR count). The second-order valence-corrected chi connectivity index (χ2v) is 16.6. The van der Waals surface area contributed by atoms with Gasteiger partial charge in [0, 0.05) is 0 Å². The summed E-state index contributed by atoms with van der Waals surface area (Å²) in [5.41, 5.74) is 18.7. The molecule has 52 heavy (non-hydrogen) atoms. The molecule has 256 valence electrons. The third-order valence-electron chi connectivity index (χ3n) is 10.8. The molecule has 0 aliphatic heterocycles. The fourth-order valence-electron chi connectivity index (χ4n) is 8.17. The Morgan fingerprint density at radius 1 is 0.519 bits per heavy atom. The highest BCUT2D eigenvalue weighted by molar-refractivity contribution is 5.89. The second-order valence-electron chi connectivity index (χ2n) is 16.6. The van der Waals surface area contributed by atoms with Crippen LogP contribution in [0.1, 0.15) is 86.9 Å². The molecule has 0 N–H and O–H groups in total. The molecule has 0 heteroatoms. The third-order valence-corrected chi connectivity index (χ3v) is 10.8. The standard InChI is InChI=1S/C52H48/c1-51(2,3)43-29-30-44-42(33-43)34-47-48(41-19-13-14-20-41)50(52(4,5)6)46(32-36-23-27-40(28-24-36)38-17-11-8-12-18-38)45(49(44)47)31-35-21-25-39(26-22-35)37-15-9-7-10-16-37/h7-19,21-33H,20,34H2,1-6H3. The van der Waals surface area contributed by atoms with E-state index in [0.29, 0.717) is 0 Å². The maximum absolute atomic E-state index is 2.49. The van der Waals surface area contributed by atoms with Gasteiger partial charge in [0.05, 0.1) is 0 Å². The molecule has 0 aromatic heterocycles. The zero-order chi connectivity index (χ0) is 36.0. The number of hydrogen-bond donors (Lipinski definition) is 0. The quantitative estimate of drug-likeness (QED) is 0.171. The van der Waals surface area contributed by atoms with E-state index in [9.17, 15) is 0 Å². The topological polar surface area (TPSA) is 0 Å². The minimum atomic E-state index is -0.102. The van der Waals surface area contributed by atoms with Gasteiger partial charge in [0.1, 0.15) is 0 Å². The number of fused-ring (bicyclic) bond motifs is 3. The van der Waals surface area contributed by atoms with Crippen molar-refractivity contribution in [1.29, 1.82) is 0 Å². The van der Waals surface area contributed by atoms with E-state index >= 15 is 0 Å². The van der Waals surface area contributed by atoms with Crippen molar-refractivity contribution >= 4 is 17.7 Å². The molecule has 0 unspecified atom stereocenters. The summed E-state index contributed by atoms with van der Waals surface area (Å²) in [5.74, 6) is 0. The Kier molecular flexibility index (Phi) is 8.59. The van der Waals surface area contributed by atoms with E-state index in [-0.39, 0.29) is 10.8 Å². The minimum Gasteiger partial charge on any atom is -0.0801 e. The van der Waals surface area contributed by atoms with Crippen molar-refractivity contribution in [2.75, 3.05) is 0 Å². The monoisotopic (exact) mass is 672 g/mol. The lowest BCUT2D eigenvalue weighted by Gasteiger charge is -2.28. The number of allylic oxidation sites excluding steroid dienone is 4. The SMILES string of the molecule is CC(C)(C)c1ccc2c(c1)Cc1c(C3=CC=CC3)c(C(C)(C)C)c(=Cc3ccc(-c4ccccc4)cc3)c(=Cc3ccc(-c4ccccc4)cc3)c1-2. The van der Waals surface area contributed by atoms with Gasteiger partial charge in [0.25, 0.3) is 0 Å². The number of rotatable bonds is 5. The highest BCUT2D eigenvalue weighted by atomic mass is 14.4. The molecule has 0 atom stereocenters. The molecule has 2 aliphatic rings. The van der Waals surface area contributed by atoms with Crippen molar-refractivity contribution in [2.24, 2.45) is 0 Å². The molecule has 0 radical (unpaired) electrons. The van der Waals surface area contributed by atoms with Crippen LogP contribution in [0.3, 0.4) is 0 Å².